The van der Waals surface area contributed by atoms with Crippen molar-refractivity contribution in [2.45, 2.75) is 25.8 Å². The molecule has 1 aromatic heterocycles. The molecular formula is C16H20BrNO2. The summed E-state index contributed by atoms with van der Waals surface area (Å²) in [6.45, 7) is 3.14. The number of hydrogen-bond acceptors (Lipinski definition) is 3. The smallest absolute Gasteiger partial charge is 0.133 e. The van der Waals surface area contributed by atoms with Crippen LogP contribution in [0.2, 0.25) is 0 Å². The fraction of sp³-hybridized carbons (Fsp3) is 0.375. The van der Waals surface area contributed by atoms with Crippen LogP contribution in [0.5, 0.6) is 5.75 Å². The molecule has 0 bridgehead atoms. The molecule has 0 aliphatic rings. The quantitative estimate of drug-likeness (QED) is 0.816. The maximum Gasteiger partial charge on any atom is 0.133 e. The van der Waals surface area contributed by atoms with Gasteiger partial charge in [-0.15, -0.1) is 0 Å². The average molecular weight is 338 g/mol. The van der Waals surface area contributed by atoms with Gasteiger partial charge >= 0.3 is 0 Å². The van der Waals surface area contributed by atoms with Crippen LogP contribution >= 0.6 is 15.9 Å². The molecule has 20 heavy (non-hydrogen) atoms. The van der Waals surface area contributed by atoms with E-state index in [4.69, 9.17) is 9.15 Å². The molecule has 4 heteroatoms. The third-order valence-electron chi connectivity index (χ3n) is 3.18. The zero-order valence-corrected chi connectivity index (χ0v) is 13.4. The zero-order chi connectivity index (χ0) is 14.4. The molecular weight excluding hydrogens is 318 g/mol. The largest absolute Gasteiger partial charge is 0.496 e. The van der Waals surface area contributed by atoms with E-state index in [1.54, 1.807) is 13.4 Å². The SMILES string of the molecule is CCCNC(Cc1ccc(OC)c(Br)c1)c1ccco1. The zero-order valence-electron chi connectivity index (χ0n) is 11.9. The van der Waals surface area contributed by atoms with Gasteiger partial charge in [-0.3, -0.25) is 0 Å². The minimum atomic E-state index is 0.199. The molecule has 0 aliphatic heterocycles. The van der Waals surface area contributed by atoms with Crippen molar-refractivity contribution in [3.8, 4) is 5.75 Å². The summed E-state index contributed by atoms with van der Waals surface area (Å²) < 4.78 is 11.8. The molecule has 2 rings (SSSR count). The summed E-state index contributed by atoms with van der Waals surface area (Å²) in [6, 6.07) is 10.3. The molecule has 3 nitrogen and oxygen atoms in total. The van der Waals surface area contributed by atoms with Crippen molar-refractivity contribution in [1.29, 1.82) is 0 Å². The first kappa shape index (κ1) is 15.1. The first-order valence-electron chi connectivity index (χ1n) is 6.83. The Balaban J connectivity index is 2.13. The van der Waals surface area contributed by atoms with Crippen molar-refractivity contribution in [1.82, 2.24) is 5.32 Å². The van der Waals surface area contributed by atoms with Crippen LogP contribution in [0.25, 0.3) is 0 Å². The fourth-order valence-electron chi connectivity index (χ4n) is 2.15. The second kappa shape index (κ2) is 7.50. The average Bonchev–Trinajstić information content (AvgIpc) is 2.97. The summed E-state index contributed by atoms with van der Waals surface area (Å²) in [6.07, 6.45) is 3.71. The standard InChI is InChI=1S/C16H20BrNO2/c1-3-8-18-14(16-5-4-9-20-16)11-12-6-7-15(19-2)13(17)10-12/h4-7,9-10,14,18H,3,8,11H2,1-2H3. The Hall–Kier alpha value is -1.26. The molecule has 0 fully saturated rings. The van der Waals surface area contributed by atoms with Gasteiger partial charge in [0.05, 0.1) is 23.9 Å². The van der Waals surface area contributed by atoms with E-state index in [1.807, 2.05) is 18.2 Å². The second-order valence-corrected chi connectivity index (χ2v) is 5.55. The van der Waals surface area contributed by atoms with E-state index in [2.05, 4.69) is 40.3 Å². The Morgan fingerprint density at radius 2 is 2.20 bits per heavy atom. The van der Waals surface area contributed by atoms with Gasteiger partial charge in [0.15, 0.2) is 0 Å². The van der Waals surface area contributed by atoms with Crippen LogP contribution in [0.3, 0.4) is 0 Å². The van der Waals surface area contributed by atoms with Gasteiger partial charge in [0.25, 0.3) is 0 Å². The maximum absolute atomic E-state index is 5.54. The van der Waals surface area contributed by atoms with Gasteiger partial charge in [-0.1, -0.05) is 13.0 Å². The Morgan fingerprint density at radius 3 is 2.80 bits per heavy atom. The van der Waals surface area contributed by atoms with Crippen molar-refractivity contribution in [2.24, 2.45) is 0 Å². The van der Waals surface area contributed by atoms with Crippen molar-refractivity contribution in [3.05, 3.63) is 52.4 Å². The van der Waals surface area contributed by atoms with E-state index in [9.17, 15) is 0 Å². The number of rotatable bonds is 7. The third kappa shape index (κ3) is 3.87. The minimum absolute atomic E-state index is 0.199. The van der Waals surface area contributed by atoms with Gasteiger partial charge in [0.2, 0.25) is 0 Å². The van der Waals surface area contributed by atoms with E-state index in [0.29, 0.717) is 0 Å². The summed E-state index contributed by atoms with van der Waals surface area (Å²) in [5.74, 6) is 1.83. The Bertz CT molecular complexity index is 525. The highest BCUT2D eigenvalue weighted by molar-refractivity contribution is 9.10. The second-order valence-electron chi connectivity index (χ2n) is 4.70. The van der Waals surface area contributed by atoms with Gasteiger partial charge in [-0.2, -0.15) is 0 Å². The molecule has 0 radical (unpaired) electrons. The summed E-state index contributed by atoms with van der Waals surface area (Å²) in [4.78, 5) is 0. The van der Waals surface area contributed by atoms with Crippen LogP contribution in [0.15, 0.2) is 45.5 Å². The van der Waals surface area contributed by atoms with Gasteiger partial charge in [-0.25, -0.2) is 0 Å². The molecule has 1 N–H and O–H groups in total. The lowest BCUT2D eigenvalue weighted by molar-refractivity contribution is 0.407. The van der Waals surface area contributed by atoms with Gasteiger partial charge in [0.1, 0.15) is 11.5 Å². The topological polar surface area (TPSA) is 34.4 Å². The number of benzene rings is 1. The van der Waals surface area contributed by atoms with Crippen molar-refractivity contribution in [2.75, 3.05) is 13.7 Å². The van der Waals surface area contributed by atoms with Crippen LogP contribution in [0.4, 0.5) is 0 Å². The van der Waals surface area contributed by atoms with Crippen LogP contribution in [-0.2, 0) is 6.42 Å². The number of halogens is 1. The van der Waals surface area contributed by atoms with E-state index in [0.717, 1.165) is 35.4 Å². The number of hydrogen-bond donors (Lipinski definition) is 1. The Morgan fingerprint density at radius 1 is 1.35 bits per heavy atom. The third-order valence-corrected chi connectivity index (χ3v) is 3.80. The maximum atomic E-state index is 5.54. The normalized spacial score (nSPS) is 12.3. The molecule has 0 saturated carbocycles. The number of methoxy groups -OCH3 is 1. The predicted molar refractivity (Wildman–Crippen MR) is 84.1 cm³/mol. The highest BCUT2D eigenvalue weighted by Crippen LogP contribution is 2.28. The van der Waals surface area contributed by atoms with Crippen molar-refractivity contribution >= 4 is 15.9 Å². The first-order chi connectivity index (χ1) is 9.74. The lowest BCUT2D eigenvalue weighted by atomic mass is 10.0. The van der Waals surface area contributed by atoms with Crippen LogP contribution < -0.4 is 10.1 Å². The summed E-state index contributed by atoms with van der Waals surface area (Å²) in [5.41, 5.74) is 1.24. The molecule has 0 amide bonds. The van der Waals surface area contributed by atoms with Gasteiger partial charge in [0, 0.05) is 0 Å². The molecule has 1 heterocycles. The lowest BCUT2D eigenvalue weighted by Crippen LogP contribution is -2.23. The number of furan rings is 1. The van der Waals surface area contributed by atoms with Gasteiger partial charge < -0.3 is 14.5 Å². The molecule has 1 atom stereocenters. The fourth-order valence-corrected chi connectivity index (χ4v) is 2.74. The van der Waals surface area contributed by atoms with Crippen molar-refractivity contribution < 1.29 is 9.15 Å². The van der Waals surface area contributed by atoms with Crippen LogP contribution in [0, 0.1) is 0 Å². The van der Waals surface area contributed by atoms with Crippen molar-refractivity contribution in [3.63, 3.8) is 0 Å². The molecule has 0 spiro atoms. The summed E-state index contributed by atoms with van der Waals surface area (Å²) in [5, 5.41) is 3.53. The monoisotopic (exact) mass is 337 g/mol. The highest BCUT2D eigenvalue weighted by Gasteiger charge is 2.15. The number of nitrogens with one attached hydrogen (secondary N) is 1. The number of ether oxygens (including phenoxy) is 1. The van der Waals surface area contributed by atoms with Crippen LogP contribution in [-0.4, -0.2) is 13.7 Å². The summed E-state index contributed by atoms with van der Waals surface area (Å²) in [7, 11) is 1.67. The Labute approximate surface area is 128 Å². The minimum Gasteiger partial charge on any atom is -0.496 e. The molecule has 108 valence electrons. The van der Waals surface area contributed by atoms with E-state index >= 15 is 0 Å². The molecule has 1 aromatic carbocycles. The molecule has 2 aromatic rings. The predicted octanol–water partition coefficient (Wildman–Crippen LogP) is 4.33. The van der Waals surface area contributed by atoms with E-state index in [1.165, 1.54) is 5.56 Å². The molecule has 0 saturated heterocycles. The Kier molecular flexibility index (Phi) is 5.68. The highest BCUT2D eigenvalue weighted by atomic mass is 79.9. The lowest BCUT2D eigenvalue weighted by Gasteiger charge is -2.17. The summed E-state index contributed by atoms with van der Waals surface area (Å²) >= 11 is 3.53. The van der Waals surface area contributed by atoms with E-state index in [-0.39, 0.29) is 6.04 Å². The van der Waals surface area contributed by atoms with E-state index < -0.39 is 0 Å². The van der Waals surface area contributed by atoms with Gasteiger partial charge in [-0.05, 0) is 65.1 Å². The molecule has 0 aliphatic carbocycles. The first-order valence-corrected chi connectivity index (χ1v) is 7.63. The van der Waals surface area contributed by atoms with Crippen LogP contribution in [0.1, 0.15) is 30.7 Å². The molecule has 1 unspecified atom stereocenters.